The monoisotopic (exact) mass is 378 g/mol. The van der Waals surface area contributed by atoms with Gasteiger partial charge in [0.2, 0.25) is 0 Å². The maximum Gasteiger partial charge on any atom is 0.338 e. The van der Waals surface area contributed by atoms with E-state index in [0.717, 1.165) is 5.57 Å². The van der Waals surface area contributed by atoms with Crippen LogP contribution in [-0.4, -0.2) is 30.9 Å². The number of ketones is 1. The number of carbonyl (C=O) groups excluding carboxylic acids is 3. The Kier molecular flexibility index (Phi) is 6.04. The average Bonchev–Trinajstić information content (AvgIpc) is 2.71. The zero-order chi connectivity index (χ0) is 20.0. The molecule has 0 aliphatic heterocycles. The fourth-order valence-electron chi connectivity index (χ4n) is 3.40. The molecule has 0 spiro atoms. The molecule has 144 valence electrons. The topological polar surface area (TPSA) is 69.7 Å². The van der Waals surface area contributed by atoms with Crippen LogP contribution in [-0.2, 0) is 14.3 Å². The Hall–Kier alpha value is -3.21. The SMILES string of the molecule is CC1=CC(=O)CC(COC(=O)c2ccccc2)(COC(=O)c2ccccc2)C1. The fraction of sp³-hybridized carbons (Fsp3) is 0.261. The van der Waals surface area contributed by atoms with Crippen LogP contribution < -0.4 is 0 Å². The molecular weight excluding hydrogens is 356 g/mol. The van der Waals surface area contributed by atoms with Crippen molar-refractivity contribution in [1.29, 1.82) is 0 Å². The number of esters is 2. The van der Waals surface area contributed by atoms with Gasteiger partial charge in [-0.1, -0.05) is 42.0 Å². The van der Waals surface area contributed by atoms with E-state index < -0.39 is 17.4 Å². The van der Waals surface area contributed by atoms with Crippen LogP contribution in [0.25, 0.3) is 0 Å². The molecule has 5 nitrogen and oxygen atoms in total. The smallest absolute Gasteiger partial charge is 0.338 e. The van der Waals surface area contributed by atoms with Crippen LogP contribution in [0.15, 0.2) is 72.3 Å². The molecule has 0 bridgehead atoms. The summed E-state index contributed by atoms with van der Waals surface area (Å²) in [5.41, 5.74) is 0.995. The van der Waals surface area contributed by atoms with E-state index in [2.05, 4.69) is 0 Å². The van der Waals surface area contributed by atoms with Gasteiger partial charge in [-0.3, -0.25) is 4.79 Å². The highest BCUT2D eigenvalue weighted by Crippen LogP contribution is 2.36. The Morgan fingerprint density at radius 3 is 1.71 bits per heavy atom. The molecule has 0 amide bonds. The molecule has 1 aliphatic carbocycles. The second kappa shape index (κ2) is 8.65. The van der Waals surface area contributed by atoms with E-state index >= 15 is 0 Å². The van der Waals surface area contributed by atoms with Crippen LogP contribution in [0.5, 0.6) is 0 Å². The molecular formula is C23H22O5. The zero-order valence-corrected chi connectivity index (χ0v) is 15.7. The molecule has 0 heterocycles. The van der Waals surface area contributed by atoms with E-state index in [1.807, 2.05) is 19.1 Å². The van der Waals surface area contributed by atoms with Gasteiger partial charge in [0.1, 0.15) is 13.2 Å². The third-order valence-electron chi connectivity index (χ3n) is 4.65. The number of ether oxygens (including phenoxy) is 2. The summed E-state index contributed by atoms with van der Waals surface area (Å²) in [6, 6.07) is 17.3. The van der Waals surface area contributed by atoms with Crippen molar-refractivity contribution in [3.63, 3.8) is 0 Å². The van der Waals surface area contributed by atoms with Crippen molar-refractivity contribution in [1.82, 2.24) is 0 Å². The predicted molar refractivity (Wildman–Crippen MR) is 104 cm³/mol. The first kappa shape index (κ1) is 19.5. The lowest BCUT2D eigenvalue weighted by Crippen LogP contribution is -2.38. The Morgan fingerprint density at radius 1 is 0.821 bits per heavy atom. The van der Waals surface area contributed by atoms with Gasteiger partial charge in [0.05, 0.1) is 11.1 Å². The number of benzene rings is 2. The van der Waals surface area contributed by atoms with Crippen molar-refractivity contribution in [2.75, 3.05) is 13.2 Å². The Bertz CT molecular complexity index is 828. The van der Waals surface area contributed by atoms with E-state index in [9.17, 15) is 14.4 Å². The molecule has 1 aliphatic rings. The molecule has 0 atom stereocenters. The normalized spacial score (nSPS) is 15.5. The molecule has 0 N–H and O–H groups in total. The predicted octanol–water partition coefficient (Wildman–Crippen LogP) is 4.00. The van der Waals surface area contributed by atoms with Crippen LogP contribution in [0, 0.1) is 5.41 Å². The average molecular weight is 378 g/mol. The first-order chi connectivity index (χ1) is 13.5. The Morgan fingerprint density at radius 2 is 1.29 bits per heavy atom. The maximum atomic E-state index is 12.3. The Labute approximate surface area is 164 Å². The highest BCUT2D eigenvalue weighted by Gasteiger charge is 2.38. The quantitative estimate of drug-likeness (QED) is 0.711. The fourth-order valence-corrected chi connectivity index (χ4v) is 3.40. The van der Waals surface area contributed by atoms with Crippen LogP contribution in [0.2, 0.25) is 0 Å². The van der Waals surface area contributed by atoms with Crippen molar-refractivity contribution >= 4 is 17.7 Å². The molecule has 0 aromatic heterocycles. The van der Waals surface area contributed by atoms with Gasteiger partial charge in [-0.2, -0.15) is 0 Å². The van der Waals surface area contributed by atoms with Gasteiger partial charge in [0.25, 0.3) is 0 Å². The minimum atomic E-state index is -0.759. The number of carbonyl (C=O) groups is 3. The summed E-state index contributed by atoms with van der Waals surface area (Å²) in [6.45, 7) is 1.85. The minimum Gasteiger partial charge on any atom is -0.461 e. The Balaban J connectivity index is 1.71. The van der Waals surface area contributed by atoms with E-state index in [1.54, 1.807) is 54.6 Å². The summed E-state index contributed by atoms with van der Waals surface area (Å²) in [5, 5.41) is 0. The van der Waals surface area contributed by atoms with Gasteiger partial charge < -0.3 is 9.47 Å². The summed E-state index contributed by atoms with van der Waals surface area (Å²) in [7, 11) is 0. The second-order valence-corrected chi connectivity index (χ2v) is 7.19. The van der Waals surface area contributed by atoms with Crippen LogP contribution in [0.4, 0.5) is 0 Å². The van der Waals surface area contributed by atoms with Crippen molar-refractivity contribution < 1.29 is 23.9 Å². The highest BCUT2D eigenvalue weighted by molar-refractivity contribution is 5.92. The number of hydrogen-bond acceptors (Lipinski definition) is 5. The van der Waals surface area contributed by atoms with E-state index in [1.165, 1.54) is 0 Å². The van der Waals surface area contributed by atoms with Gasteiger partial charge in [0, 0.05) is 11.8 Å². The van der Waals surface area contributed by atoms with Gasteiger partial charge in [-0.25, -0.2) is 9.59 Å². The molecule has 3 rings (SSSR count). The van der Waals surface area contributed by atoms with E-state index in [4.69, 9.17) is 9.47 Å². The summed E-state index contributed by atoms with van der Waals surface area (Å²) in [4.78, 5) is 36.8. The molecule has 2 aromatic carbocycles. The highest BCUT2D eigenvalue weighted by atomic mass is 16.5. The molecule has 0 saturated carbocycles. The van der Waals surface area contributed by atoms with Crippen molar-refractivity contribution in [2.45, 2.75) is 19.8 Å². The molecule has 0 unspecified atom stereocenters. The van der Waals surface area contributed by atoms with Crippen molar-refractivity contribution in [3.05, 3.63) is 83.4 Å². The summed E-state index contributed by atoms with van der Waals surface area (Å²) >= 11 is 0. The summed E-state index contributed by atoms with van der Waals surface area (Å²) < 4.78 is 11.0. The summed E-state index contributed by atoms with van der Waals surface area (Å²) in [5.74, 6) is -0.988. The lowest BCUT2D eigenvalue weighted by Gasteiger charge is -2.34. The molecule has 2 aromatic rings. The van der Waals surface area contributed by atoms with Crippen LogP contribution >= 0.6 is 0 Å². The molecule has 0 fully saturated rings. The molecule has 5 heteroatoms. The van der Waals surface area contributed by atoms with Gasteiger partial charge >= 0.3 is 11.9 Å². The molecule has 28 heavy (non-hydrogen) atoms. The van der Waals surface area contributed by atoms with Crippen LogP contribution in [0.1, 0.15) is 40.5 Å². The van der Waals surface area contributed by atoms with Gasteiger partial charge in [-0.05, 0) is 43.7 Å². The standard InChI is InChI=1S/C23H22O5/c1-17-12-20(24)14-23(13-17,15-27-21(25)18-8-4-2-5-9-18)16-28-22(26)19-10-6-3-7-11-19/h2-12H,13-16H2,1H3. The van der Waals surface area contributed by atoms with Crippen molar-refractivity contribution in [3.8, 4) is 0 Å². The first-order valence-corrected chi connectivity index (χ1v) is 9.12. The number of allylic oxidation sites excluding steroid dienone is 2. The molecule has 0 saturated heterocycles. The van der Waals surface area contributed by atoms with Gasteiger partial charge in [0.15, 0.2) is 5.78 Å². The molecule has 0 radical (unpaired) electrons. The van der Waals surface area contributed by atoms with Crippen molar-refractivity contribution in [2.24, 2.45) is 5.41 Å². The minimum absolute atomic E-state index is 0.000280. The van der Waals surface area contributed by atoms with E-state index in [-0.39, 0.29) is 25.4 Å². The maximum absolute atomic E-state index is 12.3. The third kappa shape index (κ3) is 4.94. The van der Waals surface area contributed by atoms with Crippen LogP contribution in [0.3, 0.4) is 0 Å². The first-order valence-electron chi connectivity index (χ1n) is 9.12. The lowest BCUT2D eigenvalue weighted by atomic mass is 9.75. The van der Waals surface area contributed by atoms with E-state index in [0.29, 0.717) is 17.5 Å². The number of rotatable bonds is 6. The summed E-state index contributed by atoms with van der Waals surface area (Å²) in [6.07, 6.45) is 2.27. The van der Waals surface area contributed by atoms with Gasteiger partial charge in [-0.15, -0.1) is 0 Å². The largest absolute Gasteiger partial charge is 0.461 e. The lowest BCUT2D eigenvalue weighted by molar-refractivity contribution is -0.119. The zero-order valence-electron chi connectivity index (χ0n) is 15.7. The third-order valence-corrected chi connectivity index (χ3v) is 4.65. The second-order valence-electron chi connectivity index (χ2n) is 7.19. The number of hydrogen-bond donors (Lipinski definition) is 0.